The molecule has 1 aliphatic carbocycles. The first-order valence-corrected chi connectivity index (χ1v) is 14.9. The molecule has 0 aromatic heterocycles. The zero-order valence-electron chi connectivity index (χ0n) is 23.2. The minimum atomic E-state index is -1.71. The summed E-state index contributed by atoms with van der Waals surface area (Å²) in [4.78, 5) is 63.1. The summed E-state index contributed by atoms with van der Waals surface area (Å²) in [6.45, 7) is 5.65. The number of ether oxygens (including phenoxy) is 2. The van der Waals surface area contributed by atoms with Gasteiger partial charge >= 0.3 is 11.9 Å². The summed E-state index contributed by atoms with van der Waals surface area (Å²) >= 11 is 0. The van der Waals surface area contributed by atoms with Crippen LogP contribution < -0.4 is 5.32 Å². The lowest BCUT2D eigenvalue weighted by atomic mass is 9.80. The second-order valence-electron chi connectivity index (χ2n) is 10.4. The molecule has 0 saturated carbocycles. The van der Waals surface area contributed by atoms with Gasteiger partial charge < -0.3 is 14.8 Å². The Bertz CT molecular complexity index is 1230. The Hall–Kier alpha value is -3.22. The molecule has 1 aromatic rings. The summed E-state index contributed by atoms with van der Waals surface area (Å²) in [7, 11) is 7.14. The maximum absolute atomic E-state index is 14.0. The van der Waals surface area contributed by atoms with Crippen LogP contribution in [0.4, 0.5) is 5.69 Å². The van der Waals surface area contributed by atoms with Crippen LogP contribution in [0.25, 0.3) is 0 Å². The van der Waals surface area contributed by atoms with Crippen LogP contribution >= 0.6 is 21.7 Å². The van der Waals surface area contributed by atoms with Crippen molar-refractivity contribution in [2.45, 2.75) is 76.0 Å². The number of nitrogens with zero attached hydrogens (tertiary/aromatic N) is 2. The number of hydrogen-bond donors (Lipinski definition) is 1. The highest BCUT2D eigenvalue weighted by molar-refractivity contribution is 8.22. The second kappa shape index (κ2) is 14.1. The SMILES string of the molecule is CCCC(=O)OC(CC1=CCC(=O)C=C1)(C(=O)NC1CCN1CC(=O)OCc1ccc([N+](=O)[O-])cc1)C(C)(C)SCl. The lowest BCUT2D eigenvalue weighted by Gasteiger charge is -2.46. The van der Waals surface area contributed by atoms with Gasteiger partial charge in [-0.2, -0.15) is 0 Å². The van der Waals surface area contributed by atoms with Gasteiger partial charge in [0.2, 0.25) is 5.60 Å². The molecule has 1 fully saturated rings. The molecule has 2 aliphatic rings. The standard InChI is InChI=1S/C28H34ClN3O8S/c1-4-5-24(34)40-28(27(2,3)41-29,16-19-8-12-22(33)13-9-19)26(36)30-23-14-15-31(23)17-25(35)39-18-20-6-10-21(11-7-20)32(37)38/h6-12,23H,4-5,13-18H2,1-3H3,(H,30,36). The summed E-state index contributed by atoms with van der Waals surface area (Å²) in [6, 6.07) is 5.70. The van der Waals surface area contributed by atoms with Gasteiger partial charge in [0, 0.05) is 37.9 Å². The second-order valence-corrected chi connectivity index (χ2v) is 12.1. The van der Waals surface area contributed by atoms with Crippen molar-refractivity contribution in [3.8, 4) is 0 Å². The Morgan fingerprint density at radius 3 is 2.44 bits per heavy atom. The van der Waals surface area contributed by atoms with Gasteiger partial charge in [-0.05, 0) is 77.7 Å². The molecule has 1 aliphatic heterocycles. The van der Waals surface area contributed by atoms with Gasteiger partial charge in [0.1, 0.15) is 6.61 Å². The largest absolute Gasteiger partial charge is 0.460 e. The van der Waals surface area contributed by atoms with Gasteiger partial charge in [-0.1, -0.05) is 19.1 Å². The van der Waals surface area contributed by atoms with E-state index in [0.29, 0.717) is 30.5 Å². The number of esters is 2. The van der Waals surface area contributed by atoms with E-state index in [4.69, 9.17) is 20.2 Å². The van der Waals surface area contributed by atoms with E-state index in [9.17, 15) is 29.3 Å². The van der Waals surface area contributed by atoms with Crippen molar-refractivity contribution < 1.29 is 33.6 Å². The number of carbonyl (C=O) groups is 4. The minimum Gasteiger partial charge on any atom is -0.460 e. The Labute approximate surface area is 247 Å². The minimum absolute atomic E-state index is 0.00872. The first-order valence-electron chi connectivity index (χ1n) is 13.3. The Morgan fingerprint density at radius 2 is 1.90 bits per heavy atom. The number of rotatable bonds is 14. The molecule has 2 unspecified atom stereocenters. The summed E-state index contributed by atoms with van der Waals surface area (Å²) in [5, 5.41) is 13.7. The van der Waals surface area contributed by atoms with E-state index in [1.54, 1.807) is 30.9 Å². The fourth-order valence-corrected chi connectivity index (χ4v) is 5.13. The van der Waals surface area contributed by atoms with Gasteiger partial charge in [0.25, 0.3) is 11.6 Å². The van der Waals surface area contributed by atoms with Crippen molar-refractivity contribution >= 4 is 51.0 Å². The Balaban J connectivity index is 1.71. The number of nitrogens with one attached hydrogen (secondary N) is 1. The number of benzene rings is 1. The van der Waals surface area contributed by atoms with Crippen molar-refractivity contribution in [2.24, 2.45) is 0 Å². The van der Waals surface area contributed by atoms with Crippen LogP contribution in [0.1, 0.15) is 58.4 Å². The summed E-state index contributed by atoms with van der Waals surface area (Å²) < 4.78 is 10.2. The molecule has 13 heteroatoms. The zero-order valence-corrected chi connectivity index (χ0v) is 24.8. The Morgan fingerprint density at radius 1 is 1.20 bits per heavy atom. The number of non-ortho nitro benzene ring substituents is 1. The number of amides is 1. The fraction of sp³-hybridized carbons (Fsp3) is 0.500. The summed E-state index contributed by atoms with van der Waals surface area (Å²) in [6.07, 6.45) is 5.65. The third-order valence-electron chi connectivity index (χ3n) is 7.08. The normalized spacial score (nSPS) is 18.5. The number of hydrogen-bond acceptors (Lipinski definition) is 10. The van der Waals surface area contributed by atoms with E-state index >= 15 is 0 Å². The molecule has 2 atom stereocenters. The van der Waals surface area contributed by atoms with Crippen LogP contribution in [0.2, 0.25) is 0 Å². The molecular formula is C28H34ClN3O8S. The highest BCUT2D eigenvalue weighted by Gasteiger charge is 2.56. The first-order chi connectivity index (χ1) is 19.4. The molecular weight excluding hydrogens is 574 g/mol. The van der Waals surface area contributed by atoms with Gasteiger partial charge in [0.15, 0.2) is 5.78 Å². The smallest absolute Gasteiger partial charge is 0.320 e. The quantitative estimate of drug-likeness (QED) is 0.184. The van der Waals surface area contributed by atoms with Crippen molar-refractivity contribution in [3.05, 3.63) is 63.7 Å². The van der Waals surface area contributed by atoms with E-state index < -0.39 is 39.3 Å². The molecule has 0 radical (unpaired) electrons. The monoisotopic (exact) mass is 607 g/mol. The third-order valence-corrected chi connectivity index (χ3v) is 8.96. The molecule has 1 N–H and O–H groups in total. The molecule has 11 nitrogen and oxygen atoms in total. The lowest BCUT2D eigenvalue weighted by molar-refractivity contribution is -0.384. The molecule has 0 spiro atoms. The van der Waals surface area contributed by atoms with Crippen molar-refractivity contribution in [2.75, 3.05) is 13.1 Å². The van der Waals surface area contributed by atoms with Gasteiger partial charge in [-0.25, -0.2) is 0 Å². The van der Waals surface area contributed by atoms with Crippen LogP contribution in [-0.2, 0) is 35.3 Å². The predicted molar refractivity (Wildman–Crippen MR) is 154 cm³/mol. The molecule has 1 saturated heterocycles. The van der Waals surface area contributed by atoms with E-state index in [1.807, 2.05) is 6.92 Å². The molecule has 1 aromatic carbocycles. The topological polar surface area (TPSA) is 145 Å². The van der Waals surface area contributed by atoms with E-state index in [2.05, 4.69) is 5.32 Å². The highest BCUT2D eigenvalue weighted by Crippen LogP contribution is 2.45. The maximum Gasteiger partial charge on any atom is 0.320 e. The Kier molecular flexibility index (Phi) is 11.1. The van der Waals surface area contributed by atoms with Gasteiger partial charge in [-0.15, -0.1) is 0 Å². The average molecular weight is 608 g/mol. The lowest BCUT2D eigenvalue weighted by Crippen LogP contribution is -2.67. The van der Waals surface area contributed by atoms with Crippen molar-refractivity contribution in [3.63, 3.8) is 0 Å². The van der Waals surface area contributed by atoms with Crippen molar-refractivity contribution in [1.29, 1.82) is 0 Å². The van der Waals surface area contributed by atoms with Crippen LogP contribution in [0.3, 0.4) is 0 Å². The molecule has 222 valence electrons. The third kappa shape index (κ3) is 8.17. The number of nitro benzene ring substituents is 1. The molecule has 41 heavy (non-hydrogen) atoms. The first kappa shape index (κ1) is 32.3. The van der Waals surface area contributed by atoms with Crippen LogP contribution in [0.15, 0.2) is 48.1 Å². The predicted octanol–water partition coefficient (Wildman–Crippen LogP) is 4.38. The molecule has 1 amide bonds. The van der Waals surface area contributed by atoms with E-state index in [1.165, 1.54) is 30.3 Å². The molecule has 0 bridgehead atoms. The van der Waals surface area contributed by atoms with Crippen LogP contribution in [0, 0.1) is 10.1 Å². The van der Waals surface area contributed by atoms with Gasteiger partial charge in [0.05, 0.1) is 22.4 Å². The number of allylic oxidation sites excluding steroid dienone is 3. The summed E-state index contributed by atoms with van der Waals surface area (Å²) in [5.41, 5.74) is -0.497. The highest BCUT2D eigenvalue weighted by atomic mass is 35.7. The fourth-order valence-electron chi connectivity index (χ4n) is 4.42. The van der Waals surface area contributed by atoms with Crippen LogP contribution in [0.5, 0.6) is 0 Å². The number of halogens is 1. The van der Waals surface area contributed by atoms with Crippen molar-refractivity contribution in [1.82, 2.24) is 10.2 Å². The summed E-state index contributed by atoms with van der Waals surface area (Å²) in [5.74, 6) is -1.69. The molecule has 3 rings (SSSR count). The number of ketones is 1. The van der Waals surface area contributed by atoms with E-state index in [0.717, 1.165) is 11.0 Å². The average Bonchev–Trinajstić information content (AvgIpc) is 2.93. The number of nitro groups is 1. The number of likely N-dealkylation sites (tertiary alicyclic amines) is 1. The molecule has 1 heterocycles. The maximum atomic E-state index is 14.0. The van der Waals surface area contributed by atoms with Crippen LogP contribution in [-0.4, -0.2) is 63.1 Å². The van der Waals surface area contributed by atoms with E-state index in [-0.39, 0.29) is 43.9 Å². The van der Waals surface area contributed by atoms with Gasteiger partial charge in [-0.3, -0.25) is 34.2 Å². The zero-order chi connectivity index (χ0) is 30.2. The number of carbonyl (C=O) groups excluding carboxylic acids is 4.